The first-order chi connectivity index (χ1) is 38.6. The molecule has 6 heteroatoms. The van der Waals surface area contributed by atoms with Crippen molar-refractivity contribution in [2.24, 2.45) is 0 Å². The summed E-state index contributed by atoms with van der Waals surface area (Å²) in [5, 5.41) is 0. The SMILES string of the molecule is [Ir].[c-]1ccc(-c2ccc(-c3ccccc3)cc2)cc1-c1ccc(-c2ccccc2-c2cc(CCc3c[c-]c4c(c3)C=CC3=CN(c5ccccc5)[CH-]N34)cc(CCc3c[c-]c4c(c3)C=CC3=CN(c5ccccc5)[CH-]N34)c2)cn1. The second-order valence-corrected chi connectivity index (χ2v) is 20.3. The van der Waals surface area contributed by atoms with Gasteiger partial charge in [-0.1, -0.05) is 182 Å². The van der Waals surface area contributed by atoms with Crippen LogP contribution in [0.2, 0.25) is 0 Å². The Bertz CT molecular complexity index is 3820. The number of fused-ring (bicyclic) bond motifs is 6. The smallest absolute Gasteiger partial charge is 0.0243 e. The van der Waals surface area contributed by atoms with E-state index in [2.05, 4.69) is 294 Å². The Morgan fingerprint density at radius 1 is 0.392 bits per heavy atom. The third-order valence-corrected chi connectivity index (χ3v) is 15.2. The minimum absolute atomic E-state index is 0. The molecule has 0 unspecified atom stereocenters. The van der Waals surface area contributed by atoms with Gasteiger partial charge in [-0.2, -0.15) is 47.5 Å². The molecule has 0 saturated heterocycles. The Morgan fingerprint density at radius 3 is 1.42 bits per heavy atom. The van der Waals surface area contributed by atoms with Crippen molar-refractivity contribution < 1.29 is 20.1 Å². The normalized spacial score (nSPS) is 13.8. The first kappa shape index (κ1) is 49.5. The number of allylic oxidation sites excluding steroid dienone is 2. The van der Waals surface area contributed by atoms with Crippen LogP contribution in [0.25, 0.3) is 67.9 Å². The van der Waals surface area contributed by atoms with Crippen LogP contribution in [0.1, 0.15) is 33.4 Å². The summed E-state index contributed by atoms with van der Waals surface area (Å²) in [5.41, 5.74) is 25.4. The molecule has 0 saturated carbocycles. The maximum absolute atomic E-state index is 5.07. The molecule has 79 heavy (non-hydrogen) atoms. The molecule has 14 rings (SSSR count). The largest absolute Gasteiger partial charge is 0.494 e. The number of hydrogen-bond donors (Lipinski definition) is 0. The summed E-state index contributed by atoms with van der Waals surface area (Å²) in [7, 11) is 0. The number of para-hydroxylation sites is 2. The van der Waals surface area contributed by atoms with Gasteiger partial charge in [-0.25, -0.2) is 0 Å². The van der Waals surface area contributed by atoms with Gasteiger partial charge in [-0.15, -0.1) is 72.0 Å². The Labute approximate surface area is 477 Å². The van der Waals surface area contributed by atoms with Gasteiger partial charge in [-0.3, -0.25) is 0 Å². The fraction of sp³-hybridized carbons (Fsp3) is 0.0548. The molecule has 0 bridgehead atoms. The van der Waals surface area contributed by atoms with Gasteiger partial charge in [0, 0.05) is 49.1 Å². The van der Waals surface area contributed by atoms with E-state index in [-0.39, 0.29) is 20.1 Å². The molecule has 10 aromatic rings. The predicted octanol–water partition coefficient (Wildman–Crippen LogP) is 17.0. The molecule has 0 N–H and O–H groups in total. The fourth-order valence-corrected chi connectivity index (χ4v) is 11.1. The van der Waals surface area contributed by atoms with Gasteiger partial charge >= 0.3 is 0 Å². The van der Waals surface area contributed by atoms with E-state index in [0.717, 1.165) is 93.3 Å². The predicted molar refractivity (Wildman–Crippen MR) is 321 cm³/mol. The van der Waals surface area contributed by atoms with E-state index in [9.17, 15) is 0 Å². The number of hydrogen-bond acceptors (Lipinski definition) is 5. The number of benzene rings is 9. The van der Waals surface area contributed by atoms with Crippen molar-refractivity contribution in [1.29, 1.82) is 0 Å². The van der Waals surface area contributed by atoms with E-state index in [4.69, 9.17) is 4.98 Å². The van der Waals surface area contributed by atoms with Gasteiger partial charge in [0.1, 0.15) is 0 Å². The summed E-state index contributed by atoms with van der Waals surface area (Å²) in [4.78, 5) is 13.9. The summed E-state index contributed by atoms with van der Waals surface area (Å²) >= 11 is 0. The molecule has 4 aliphatic rings. The van der Waals surface area contributed by atoms with Crippen LogP contribution in [0.5, 0.6) is 0 Å². The maximum atomic E-state index is 5.07. The summed E-state index contributed by atoms with van der Waals surface area (Å²) in [6.07, 6.45) is 18.8. The number of pyridine rings is 1. The zero-order valence-electron chi connectivity index (χ0n) is 43.3. The van der Waals surface area contributed by atoms with Crippen LogP contribution in [0.3, 0.4) is 0 Å². The zero-order valence-corrected chi connectivity index (χ0v) is 45.7. The number of anilines is 4. The van der Waals surface area contributed by atoms with Crippen molar-refractivity contribution in [3.05, 3.63) is 319 Å². The molecule has 1 radical (unpaired) electrons. The van der Waals surface area contributed by atoms with Crippen LogP contribution in [-0.4, -0.2) is 4.98 Å². The average molecular weight is 1190 g/mol. The van der Waals surface area contributed by atoms with E-state index in [1.807, 2.05) is 12.3 Å². The summed E-state index contributed by atoms with van der Waals surface area (Å²) in [6.45, 7) is 4.31. The number of rotatable bonds is 13. The number of nitrogens with zero attached hydrogens (tertiary/aromatic N) is 5. The molecule has 9 aromatic carbocycles. The van der Waals surface area contributed by atoms with E-state index in [0.29, 0.717) is 0 Å². The van der Waals surface area contributed by atoms with Crippen molar-refractivity contribution in [3.8, 4) is 55.8 Å². The molecular formula is C73H52IrN5-5. The average Bonchev–Trinajstić information content (AvgIpc) is 4.20. The van der Waals surface area contributed by atoms with Crippen molar-refractivity contribution in [2.75, 3.05) is 19.6 Å². The number of aryl methyl sites for hydroxylation is 4. The van der Waals surface area contributed by atoms with Gasteiger partial charge in [0.25, 0.3) is 0 Å². The molecule has 0 amide bonds. The summed E-state index contributed by atoms with van der Waals surface area (Å²) < 4.78 is 0. The first-order valence-electron chi connectivity index (χ1n) is 26.8. The maximum Gasteiger partial charge on any atom is 0.0243 e. The number of aromatic nitrogens is 1. The third kappa shape index (κ3) is 10.2. The van der Waals surface area contributed by atoms with Crippen molar-refractivity contribution >= 4 is 34.9 Å². The van der Waals surface area contributed by atoms with E-state index in [1.54, 1.807) is 0 Å². The van der Waals surface area contributed by atoms with Crippen LogP contribution in [-0.2, 0) is 45.8 Å². The molecule has 383 valence electrons. The van der Waals surface area contributed by atoms with Crippen LogP contribution in [0.4, 0.5) is 22.7 Å². The van der Waals surface area contributed by atoms with Crippen LogP contribution in [0, 0.1) is 31.5 Å². The van der Waals surface area contributed by atoms with Crippen LogP contribution >= 0.6 is 0 Å². The first-order valence-corrected chi connectivity index (χ1v) is 26.8. The topological polar surface area (TPSA) is 25.9 Å². The molecule has 5 heterocycles. The minimum atomic E-state index is 0. The minimum Gasteiger partial charge on any atom is -0.494 e. The van der Waals surface area contributed by atoms with Crippen molar-refractivity contribution in [3.63, 3.8) is 0 Å². The molecule has 0 spiro atoms. The van der Waals surface area contributed by atoms with Gasteiger partial charge in [-0.05, 0) is 105 Å². The molecule has 0 atom stereocenters. The molecule has 1 aromatic heterocycles. The molecule has 0 fully saturated rings. The van der Waals surface area contributed by atoms with Gasteiger partial charge in [0.2, 0.25) is 0 Å². The quantitative estimate of drug-likeness (QED) is 0.107. The molecule has 0 aliphatic carbocycles. The zero-order chi connectivity index (χ0) is 51.8. The van der Waals surface area contributed by atoms with E-state index >= 15 is 0 Å². The second kappa shape index (κ2) is 21.8. The van der Waals surface area contributed by atoms with E-state index in [1.165, 1.54) is 55.6 Å². The van der Waals surface area contributed by atoms with Crippen molar-refractivity contribution in [1.82, 2.24) is 4.98 Å². The second-order valence-electron chi connectivity index (χ2n) is 20.3. The Kier molecular flexibility index (Phi) is 13.6. The van der Waals surface area contributed by atoms with Crippen molar-refractivity contribution in [2.45, 2.75) is 25.7 Å². The van der Waals surface area contributed by atoms with Gasteiger partial charge in [0.05, 0.1) is 0 Å². The van der Waals surface area contributed by atoms with Crippen LogP contribution in [0.15, 0.2) is 254 Å². The monoisotopic (exact) mass is 1190 g/mol. The standard InChI is InChI=1S/C73H52N5.Ir/c1-4-13-56(14-5-1)57-29-31-58(32-30-57)59-15-12-16-60(46-59)71-38-35-63(47-74-71)69-21-10-11-22-70(69)64-44-54(25-23-52-27-39-72-61(42-52)33-36-67-48-75(50-77(67)72)65-17-6-2-7-18-65)41-55(45-64)26-24-53-28-40-73-62(43-53)34-37-68-49-76(51-78(68)73)66-19-8-3-9-20-66;/h1-15,17-22,27-38,41-51H,23-26H2;/q-5;. The Balaban J connectivity index is 0.00000591. The summed E-state index contributed by atoms with van der Waals surface area (Å²) in [6, 6.07) is 86.8. The summed E-state index contributed by atoms with van der Waals surface area (Å²) in [5.74, 6) is 0. The molecular weight excluding hydrogens is 1140 g/mol. The van der Waals surface area contributed by atoms with Gasteiger partial charge in [0.15, 0.2) is 0 Å². The fourth-order valence-electron chi connectivity index (χ4n) is 11.1. The Hall–Kier alpha value is -9.06. The van der Waals surface area contributed by atoms with Crippen LogP contribution < -0.4 is 19.6 Å². The molecule has 5 nitrogen and oxygen atoms in total. The third-order valence-electron chi connectivity index (χ3n) is 15.2. The van der Waals surface area contributed by atoms with Gasteiger partial charge < -0.3 is 24.6 Å². The Morgan fingerprint density at radius 2 is 0.873 bits per heavy atom. The van der Waals surface area contributed by atoms with E-state index < -0.39 is 0 Å². The molecule has 4 aliphatic heterocycles.